The zero-order valence-electron chi connectivity index (χ0n) is 15.9. The van der Waals surface area contributed by atoms with Gasteiger partial charge in [0.25, 0.3) is 0 Å². The molecule has 0 saturated carbocycles. The highest BCUT2D eigenvalue weighted by molar-refractivity contribution is 6.54. The third-order valence-electron chi connectivity index (χ3n) is 4.41. The van der Waals surface area contributed by atoms with Crippen molar-refractivity contribution >= 4 is 14.7 Å². The molecule has 166 valence electrons. The van der Waals surface area contributed by atoms with Gasteiger partial charge in [-0.1, -0.05) is 64.3 Å². The molecule has 29 heavy (non-hydrogen) atoms. The van der Waals surface area contributed by atoms with Gasteiger partial charge in [0, 0.05) is 0 Å². The average molecular weight is 450 g/mol. The van der Waals surface area contributed by atoms with Crippen LogP contribution < -0.4 is 5.19 Å². The smallest absolute Gasteiger partial charge is 0.166 e. The Kier molecular flexibility index (Phi) is 9.55. The second-order valence-corrected chi connectivity index (χ2v) is 8.19. The first-order valence-corrected chi connectivity index (χ1v) is 10.6. The molecular weight excluding hydrogens is 427 g/mol. The van der Waals surface area contributed by atoms with Crippen LogP contribution in [0.4, 0.5) is 39.5 Å². The second-order valence-electron chi connectivity index (χ2n) is 6.84. The fraction of sp³-hybridized carbons (Fsp3) is 0.684. The minimum absolute atomic E-state index is 0.0759. The largest absolute Gasteiger partial charge is 0.416 e. The van der Waals surface area contributed by atoms with E-state index in [2.05, 4.69) is 6.92 Å². The topological polar surface area (TPSA) is 0 Å². The maximum Gasteiger partial charge on any atom is 0.416 e. The van der Waals surface area contributed by atoms with Crippen molar-refractivity contribution < 1.29 is 39.5 Å². The van der Waals surface area contributed by atoms with Crippen LogP contribution in [-0.2, 0) is 18.5 Å². The molecule has 0 N–H and O–H groups in total. The van der Waals surface area contributed by atoms with Gasteiger partial charge in [-0.25, -0.2) is 0 Å². The van der Waals surface area contributed by atoms with Crippen LogP contribution in [0.5, 0.6) is 0 Å². The molecular formula is C19H23F9Si. The van der Waals surface area contributed by atoms with Crippen molar-refractivity contribution in [3.8, 4) is 0 Å². The molecule has 10 heteroatoms. The van der Waals surface area contributed by atoms with E-state index in [4.69, 9.17) is 0 Å². The quantitative estimate of drug-likeness (QED) is 0.195. The molecule has 0 aliphatic carbocycles. The van der Waals surface area contributed by atoms with E-state index in [1.165, 1.54) is 0 Å². The summed E-state index contributed by atoms with van der Waals surface area (Å²) < 4.78 is 118. The summed E-state index contributed by atoms with van der Waals surface area (Å²) in [5, 5.41) is -1.08. The Hall–Kier alpha value is -1.19. The molecule has 2 radical (unpaired) electrons. The minimum Gasteiger partial charge on any atom is -0.166 e. The Morgan fingerprint density at radius 2 is 1.03 bits per heavy atom. The summed E-state index contributed by atoms with van der Waals surface area (Å²) in [7, 11) is -0.866. The summed E-state index contributed by atoms with van der Waals surface area (Å²) in [6.45, 7) is 2.08. The molecule has 0 aromatic heterocycles. The lowest BCUT2D eigenvalue weighted by molar-refractivity contribution is -0.147. The number of hydrogen-bond donors (Lipinski definition) is 0. The number of hydrogen-bond acceptors (Lipinski definition) is 0. The van der Waals surface area contributed by atoms with E-state index in [-0.39, 0.29) is 18.2 Å². The highest BCUT2D eigenvalue weighted by atomic mass is 28.2. The molecule has 1 aromatic carbocycles. The van der Waals surface area contributed by atoms with Gasteiger partial charge in [0.05, 0.1) is 26.2 Å². The van der Waals surface area contributed by atoms with E-state index in [9.17, 15) is 39.5 Å². The first-order valence-electron chi connectivity index (χ1n) is 9.42. The maximum atomic E-state index is 13.2. The molecule has 0 unspecified atom stereocenters. The summed E-state index contributed by atoms with van der Waals surface area (Å²) in [5.41, 5.74) is -5.65. The molecule has 0 fully saturated rings. The Labute approximate surface area is 166 Å². The van der Waals surface area contributed by atoms with Gasteiger partial charge in [0.15, 0.2) is 0 Å². The number of halogens is 9. The lowest BCUT2D eigenvalue weighted by atomic mass is 10.0. The van der Waals surface area contributed by atoms with Crippen molar-refractivity contribution in [2.45, 2.75) is 82.9 Å². The van der Waals surface area contributed by atoms with Crippen LogP contribution >= 0.6 is 0 Å². The van der Waals surface area contributed by atoms with Crippen molar-refractivity contribution in [1.29, 1.82) is 0 Å². The van der Waals surface area contributed by atoms with E-state index in [1.54, 1.807) is 0 Å². The molecule has 0 aliphatic heterocycles. The van der Waals surface area contributed by atoms with Gasteiger partial charge in [0.1, 0.15) is 0 Å². The lowest BCUT2D eigenvalue weighted by Gasteiger charge is -2.21. The third kappa shape index (κ3) is 8.60. The summed E-state index contributed by atoms with van der Waals surface area (Å²) in [6.07, 6.45) is -8.69. The van der Waals surface area contributed by atoms with Gasteiger partial charge in [-0.15, -0.1) is 0 Å². The molecule has 0 atom stereocenters. The van der Waals surface area contributed by atoms with Gasteiger partial charge in [-0.2, -0.15) is 39.5 Å². The van der Waals surface area contributed by atoms with E-state index in [0.29, 0.717) is 12.8 Å². The monoisotopic (exact) mass is 450 g/mol. The van der Waals surface area contributed by atoms with Crippen molar-refractivity contribution in [2.24, 2.45) is 0 Å². The van der Waals surface area contributed by atoms with Crippen LogP contribution in [0.2, 0.25) is 6.04 Å². The SMILES string of the molecule is CCCCCCCCCC[Si]c1c(C(F)(F)F)cc(C(F)(F)F)cc1C(F)(F)F. The van der Waals surface area contributed by atoms with Crippen molar-refractivity contribution in [1.82, 2.24) is 0 Å². The molecule has 0 bridgehead atoms. The lowest BCUT2D eigenvalue weighted by Crippen LogP contribution is -2.33. The molecule has 0 aliphatic rings. The summed E-state index contributed by atoms with van der Waals surface area (Å²) in [5.74, 6) is 0. The number of alkyl halides is 9. The Morgan fingerprint density at radius 1 is 0.621 bits per heavy atom. The van der Waals surface area contributed by atoms with Crippen molar-refractivity contribution in [3.05, 3.63) is 28.8 Å². The zero-order valence-corrected chi connectivity index (χ0v) is 16.9. The molecule has 1 aromatic rings. The summed E-state index contributed by atoms with van der Waals surface area (Å²) in [6, 6.07) is -0.358. The van der Waals surface area contributed by atoms with E-state index in [1.807, 2.05) is 0 Å². The molecule has 0 saturated heterocycles. The van der Waals surface area contributed by atoms with Gasteiger partial charge in [-0.3, -0.25) is 0 Å². The Bertz CT molecular complexity index is 595. The number of unbranched alkanes of at least 4 members (excludes halogenated alkanes) is 7. The van der Waals surface area contributed by atoms with Gasteiger partial charge < -0.3 is 0 Å². The van der Waals surface area contributed by atoms with Crippen LogP contribution in [-0.4, -0.2) is 9.52 Å². The number of rotatable bonds is 10. The number of benzene rings is 1. The highest BCUT2D eigenvalue weighted by Gasteiger charge is 2.44. The van der Waals surface area contributed by atoms with Crippen LogP contribution in [0.15, 0.2) is 12.1 Å². The van der Waals surface area contributed by atoms with E-state index in [0.717, 1.165) is 38.5 Å². The van der Waals surface area contributed by atoms with Crippen LogP contribution in [0.25, 0.3) is 0 Å². The Balaban J connectivity index is 2.94. The van der Waals surface area contributed by atoms with Gasteiger partial charge in [-0.05, 0) is 17.3 Å². The van der Waals surface area contributed by atoms with Gasteiger partial charge >= 0.3 is 18.5 Å². The fourth-order valence-electron chi connectivity index (χ4n) is 2.92. The zero-order chi connectivity index (χ0) is 22.3. The molecule has 0 heterocycles. The van der Waals surface area contributed by atoms with E-state index < -0.39 is 49.9 Å². The predicted octanol–water partition coefficient (Wildman–Crippen LogP) is 7.63. The molecule has 0 nitrogen and oxygen atoms in total. The normalized spacial score (nSPS) is 13.2. The van der Waals surface area contributed by atoms with E-state index >= 15 is 0 Å². The first-order chi connectivity index (χ1) is 13.3. The van der Waals surface area contributed by atoms with Crippen molar-refractivity contribution in [2.75, 3.05) is 0 Å². The Morgan fingerprint density at radius 3 is 1.41 bits per heavy atom. The second kappa shape index (κ2) is 10.7. The summed E-state index contributed by atoms with van der Waals surface area (Å²) >= 11 is 0. The highest BCUT2D eigenvalue weighted by Crippen LogP contribution is 2.39. The first kappa shape index (κ1) is 25.8. The van der Waals surface area contributed by atoms with Crippen LogP contribution in [0.1, 0.15) is 75.0 Å². The van der Waals surface area contributed by atoms with Gasteiger partial charge in [0.2, 0.25) is 0 Å². The van der Waals surface area contributed by atoms with Crippen molar-refractivity contribution in [3.63, 3.8) is 0 Å². The summed E-state index contributed by atoms with van der Waals surface area (Å²) in [4.78, 5) is 0. The fourth-order valence-corrected chi connectivity index (χ4v) is 4.40. The molecule has 0 spiro atoms. The van der Waals surface area contributed by atoms with Crippen LogP contribution in [0.3, 0.4) is 0 Å². The average Bonchev–Trinajstić information content (AvgIpc) is 2.57. The molecule has 1 rings (SSSR count). The maximum absolute atomic E-state index is 13.2. The standard InChI is InChI=1S/C19H23F9Si/c1-2-3-4-5-6-7-8-9-10-29-16-14(18(23,24)25)11-13(17(20,21)22)12-15(16)19(26,27)28/h11-12H,2-10H2,1H3. The minimum atomic E-state index is -5.31. The third-order valence-corrected chi connectivity index (χ3v) is 5.90. The molecule has 0 amide bonds. The predicted molar refractivity (Wildman–Crippen MR) is 94.3 cm³/mol. The van der Waals surface area contributed by atoms with Crippen LogP contribution in [0, 0.1) is 0 Å².